The molecule has 0 spiro atoms. The Hall–Kier alpha value is -3.25. The number of allylic oxidation sites excluding steroid dienone is 1. The van der Waals surface area contributed by atoms with E-state index in [-0.39, 0.29) is 5.56 Å². The van der Waals surface area contributed by atoms with Gasteiger partial charge in [0.15, 0.2) is 4.80 Å². The van der Waals surface area contributed by atoms with Gasteiger partial charge in [0.2, 0.25) is 0 Å². The van der Waals surface area contributed by atoms with Crippen molar-refractivity contribution >= 4 is 23.4 Å². The van der Waals surface area contributed by atoms with Crippen LogP contribution in [0, 0.1) is 6.92 Å². The van der Waals surface area contributed by atoms with Crippen LogP contribution in [-0.4, -0.2) is 17.6 Å². The third-order valence-electron chi connectivity index (χ3n) is 5.11. The van der Waals surface area contributed by atoms with Crippen molar-refractivity contribution in [1.29, 1.82) is 0 Å². The maximum atomic E-state index is 13.4. The number of ether oxygens (including phenoxy) is 1. The Kier molecular flexibility index (Phi) is 5.50. The van der Waals surface area contributed by atoms with E-state index in [1.165, 1.54) is 18.4 Å². The molecule has 1 atom stereocenters. The number of esters is 1. The van der Waals surface area contributed by atoms with Gasteiger partial charge in [-0.15, -0.1) is 0 Å². The lowest BCUT2D eigenvalue weighted by Gasteiger charge is -2.25. The molecule has 30 heavy (non-hydrogen) atoms. The summed E-state index contributed by atoms with van der Waals surface area (Å²) < 4.78 is 7.29. The summed E-state index contributed by atoms with van der Waals surface area (Å²) in [5.74, 6) is -0.459. The van der Waals surface area contributed by atoms with Crippen LogP contribution in [0.5, 0.6) is 0 Å². The van der Waals surface area contributed by atoms with Gasteiger partial charge in [0.25, 0.3) is 5.56 Å². The minimum atomic E-state index is -0.568. The lowest BCUT2D eigenvalue weighted by molar-refractivity contribution is -0.136. The van der Waals surface area contributed by atoms with Gasteiger partial charge in [-0.2, -0.15) is 0 Å². The number of fused-ring (bicyclic) bond motifs is 1. The van der Waals surface area contributed by atoms with Gasteiger partial charge in [-0.1, -0.05) is 78.4 Å². The molecule has 1 aromatic heterocycles. The average Bonchev–Trinajstić information content (AvgIpc) is 3.07. The number of nitrogens with zero attached hydrogens (tertiary/aromatic N) is 2. The van der Waals surface area contributed by atoms with E-state index in [4.69, 9.17) is 4.74 Å². The number of rotatable bonds is 4. The molecule has 6 heteroatoms. The summed E-state index contributed by atoms with van der Waals surface area (Å²) >= 11 is 1.34. The van der Waals surface area contributed by atoms with Crippen LogP contribution in [0.3, 0.4) is 0 Å². The number of carbonyl (C=O) groups excluding carboxylic acids is 1. The van der Waals surface area contributed by atoms with Crippen molar-refractivity contribution < 1.29 is 9.53 Å². The van der Waals surface area contributed by atoms with Crippen molar-refractivity contribution in [3.8, 4) is 0 Å². The van der Waals surface area contributed by atoms with Crippen LogP contribution in [0.25, 0.3) is 6.08 Å². The molecule has 152 valence electrons. The molecule has 0 radical (unpaired) electrons. The van der Waals surface area contributed by atoms with Crippen molar-refractivity contribution in [2.45, 2.75) is 26.3 Å². The van der Waals surface area contributed by atoms with E-state index < -0.39 is 12.0 Å². The van der Waals surface area contributed by atoms with Crippen LogP contribution in [0.4, 0.5) is 0 Å². The number of benzene rings is 2. The van der Waals surface area contributed by atoms with Crippen LogP contribution in [-0.2, 0) is 9.53 Å². The number of methoxy groups -OCH3 is 1. The molecule has 0 N–H and O–H groups in total. The lowest BCUT2D eigenvalue weighted by atomic mass is 9.94. The number of hydrogen-bond donors (Lipinski definition) is 0. The van der Waals surface area contributed by atoms with E-state index in [0.717, 1.165) is 16.7 Å². The largest absolute Gasteiger partial charge is 0.466 e. The Bertz CT molecular complexity index is 1320. The second-order valence-electron chi connectivity index (χ2n) is 7.11. The number of aromatic nitrogens is 1. The first-order valence-electron chi connectivity index (χ1n) is 9.78. The highest BCUT2D eigenvalue weighted by molar-refractivity contribution is 7.07. The van der Waals surface area contributed by atoms with Crippen molar-refractivity contribution in [3.05, 3.63) is 102 Å². The topological polar surface area (TPSA) is 60.7 Å². The van der Waals surface area contributed by atoms with Crippen LogP contribution >= 0.6 is 11.3 Å². The first kappa shape index (κ1) is 20.0. The van der Waals surface area contributed by atoms with Gasteiger partial charge in [0, 0.05) is 0 Å². The molecule has 5 nitrogen and oxygen atoms in total. The highest BCUT2D eigenvalue weighted by Crippen LogP contribution is 2.32. The summed E-state index contributed by atoms with van der Waals surface area (Å²) in [5.41, 5.74) is 3.77. The molecule has 4 rings (SSSR count). The quantitative estimate of drug-likeness (QED) is 0.612. The zero-order valence-electron chi connectivity index (χ0n) is 17.1. The predicted octanol–water partition coefficient (Wildman–Crippen LogP) is 3.11. The Morgan fingerprint density at radius 2 is 1.97 bits per heavy atom. The van der Waals surface area contributed by atoms with E-state index in [9.17, 15) is 9.59 Å². The summed E-state index contributed by atoms with van der Waals surface area (Å²) in [4.78, 5) is 31.5. The van der Waals surface area contributed by atoms with E-state index in [2.05, 4.69) is 4.99 Å². The van der Waals surface area contributed by atoms with Crippen LogP contribution < -0.4 is 14.9 Å². The molecular weight excluding hydrogens is 396 g/mol. The minimum absolute atomic E-state index is 0.161. The Balaban J connectivity index is 2.02. The fraction of sp³-hybridized carbons (Fsp3) is 0.208. The maximum Gasteiger partial charge on any atom is 0.338 e. The smallest absolute Gasteiger partial charge is 0.338 e. The summed E-state index contributed by atoms with van der Waals surface area (Å²) in [7, 11) is 1.36. The first-order valence-corrected chi connectivity index (χ1v) is 10.6. The minimum Gasteiger partial charge on any atom is -0.466 e. The number of hydrogen-bond acceptors (Lipinski definition) is 5. The second kappa shape index (κ2) is 8.24. The standard InChI is InChI=1S/C24H22N2O3S/c1-4-18-20(23(28)29-3)21(17-12-8-9-15(2)13-17)26-22(27)19(30-24(26)25-18)14-16-10-6-5-7-11-16/h5-14,21H,4H2,1-3H3/b19-14-/t21-/m1/s1. The molecule has 0 saturated carbocycles. The summed E-state index contributed by atoms with van der Waals surface area (Å²) in [5, 5.41) is 0. The first-order chi connectivity index (χ1) is 14.5. The highest BCUT2D eigenvalue weighted by Gasteiger charge is 2.33. The fourth-order valence-electron chi connectivity index (χ4n) is 3.72. The monoisotopic (exact) mass is 418 g/mol. The molecule has 2 heterocycles. The number of thiazole rings is 1. The Labute approximate surface area is 178 Å². The summed E-state index contributed by atoms with van der Waals surface area (Å²) in [6.07, 6.45) is 2.43. The molecule has 0 saturated heterocycles. The van der Waals surface area contributed by atoms with E-state index in [1.54, 1.807) is 4.57 Å². The van der Waals surface area contributed by atoms with Gasteiger partial charge >= 0.3 is 5.97 Å². The predicted molar refractivity (Wildman–Crippen MR) is 118 cm³/mol. The molecule has 0 aliphatic carbocycles. The van der Waals surface area contributed by atoms with Crippen molar-refractivity contribution in [2.75, 3.05) is 7.11 Å². The van der Waals surface area contributed by atoms with Gasteiger partial charge in [0.05, 0.1) is 29.0 Å². The van der Waals surface area contributed by atoms with Crippen LogP contribution in [0.1, 0.15) is 36.1 Å². The van der Waals surface area contributed by atoms with Gasteiger partial charge in [-0.3, -0.25) is 9.36 Å². The third-order valence-corrected chi connectivity index (χ3v) is 6.09. The summed E-state index contributed by atoms with van der Waals surface area (Å²) in [6, 6.07) is 17.0. The van der Waals surface area contributed by atoms with E-state index >= 15 is 0 Å². The Morgan fingerprint density at radius 3 is 2.63 bits per heavy atom. The van der Waals surface area contributed by atoms with Crippen molar-refractivity contribution in [3.63, 3.8) is 0 Å². The van der Waals surface area contributed by atoms with Crippen LogP contribution in [0.15, 0.2) is 75.7 Å². The molecular formula is C24H22N2O3S. The van der Waals surface area contributed by atoms with Crippen molar-refractivity contribution in [1.82, 2.24) is 4.57 Å². The molecule has 0 bridgehead atoms. The highest BCUT2D eigenvalue weighted by atomic mass is 32.1. The van der Waals surface area contributed by atoms with E-state index in [0.29, 0.717) is 27.0 Å². The molecule has 0 fully saturated rings. The van der Waals surface area contributed by atoms with Crippen molar-refractivity contribution in [2.24, 2.45) is 4.99 Å². The lowest BCUT2D eigenvalue weighted by Crippen LogP contribution is -2.40. The molecule has 0 amide bonds. The zero-order chi connectivity index (χ0) is 21.3. The zero-order valence-corrected chi connectivity index (χ0v) is 17.9. The molecule has 2 aromatic carbocycles. The normalized spacial score (nSPS) is 16.2. The number of aryl methyl sites for hydroxylation is 1. The van der Waals surface area contributed by atoms with E-state index in [1.807, 2.05) is 74.5 Å². The second-order valence-corrected chi connectivity index (χ2v) is 8.12. The van der Waals surface area contributed by atoms with Gasteiger partial charge in [-0.05, 0) is 30.5 Å². The van der Waals surface area contributed by atoms with Gasteiger partial charge < -0.3 is 4.74 Å². The molecule has 0 unspecified atom stereocenters. The average molecular weight is 419 g/mol. The summed E-state index contributed by atoms with van der Waals surface area (Å²) in [6.45, 7) is 3.94. The molecule has 1 aliphatic rings. The van der Waals surface area contributed by atoms with Gasteiger partial charge in [-0.25, -0.2) is 9.79 Å². The third kappa shape index (κ3) is 3.55. The number of carbonyl (C=O) groups is 1. The molecule has 1 aliphatic heterocycles. The Morgan fingerprint density at radius 1 is 1.20 bits per heavy atom. The fourth-order valence-corrected chi connectivity index (χ4v) is 4.74. The van der Waals surface area contributed by atoms with Crippen LogP contribution in [0.2, 0.25) is 0 Å². The van der Waals surface area contributed by atoms with Gasteiger partial charge in [0.1, 0.15) is 0 Å². The maximum absolute atomic E-state index is 13.4. The molecule has 3 aromatic rings. The SMILES string of the molecule is CCC1=C(C(=O)OC)[C@@H](c2cccc(C)c2)n2c(s/c(=C\c3ccccc3)c2=O)=N1.